The summed E-state index contributed by atoms with van der Waals surface area (Å²) in [6.07, 6.45) is 1.54. The number of nitrogens with zero attached hydrogens (tertiary/aromatic N) is 2. The van der Waals surface area contributed by atoms with Crippen molar-refractivity contribution in [1.29, 1.82) is 0 Å². The van der Waals surface area contributed by atoms with Gasteiger partial charge in [-0.25, -0.2) is 13.4 Å². The summed E-state index contributed by atoms with van der Waals surface area (Å²) >= 11 is 6.34. The second-order valence-electron chi connectivity index (χ2n) is 4.29. The number of thiazole rings is 1. The fourth-order valence-corrected chi connectivity index (χ4v) is 3.31. The molecule has 0 fully saturated rings. The Morgan fingerprint density at radius 2 is 1.95 bits per heavy atom. The van der Waals surface area contributed by atoms with Crippen LogP contribution in [0.3, 0.4) is 0 Å². The lowest BCUT2D eigenvalue weighted by Crippen LogP contribution is -2.27. The van der Waals surface area contributed by atoms with Gasteiger partial charge in [-0.2, -0.15) is 0 Å². The highest BCUT2D eigenvalue weighted by atomic mass is 32.2. The molecular weight excluding hydrogens is 328 g/mol. The van der Waals surface area contributed by atoms with E-state index in [0.29, 0.717) is 10.2 Å². The van der Waals surface area contributed by atoms with E-state index in [1.54, 1.807) is 22.4 Å². The molecule has 0 spiro atoms. The molecule has 0 saturated carbocycles. The highest BCUT2D eigenvalue weighted by molar-refractivity contribution is 7.93. The molecule has 112 valence electrons. The maximum absolute atomic E-state index is 12.1. The first kappa shape index (κ1) is 15.7. The second-order valence-corrected chi connectivity index (χ2v) is 7.26. The van der Waals surface area contributed by atoms with E-state index in [1.807, 2.05) is 14.1 Å². The first-order chi connectivity index (χ1) is 9.88. The minimum absolute atomic E-state index is 0.166. The number of sulfonamides is 1. The lowest BCUT2D eigenvalue weighted by molar-refractivity contribution is 0.601. The normalized spacial score (nSPS) is 11.0. The highest BCUT2D eigenvalue weighted by Gasteiger charge is 2.15. The van der Waals surface area contributed by atoms with Crippen LogP contribution in [0.15, 0.2) is 40.7 Å². The summed E-state index contributed by atoms with van der Waals surface area (Å²) in [7, 11) is 0.0331. The van der Waals surface area contributed by atoms with Gasteiger partial charge in [-0.15, -0.1) is 11.3 Å². The molecule has 0 aliphatic carbocycles. The third-order valence-electron chi connectivity index (χ3n) is 2.48. The number of hydrogen-bond donors (Lipinski definition) is 2. The number of rotatable bonds is 4. The standard InChI is InChI=1S/C12H14N4O2S3/c1-16(2)12(19)14-9-3-5-10(6-4-9)21(17,18)15-11-13-7-8-20-11/h3-8H,1-2H3,(H,13,15)(H,14,19). The van der Waals surface area contributed by atoms with Gasteiger partial charge in [0, 0.05) is 31.4 Å². The molecule has 6 nitrogen and oxygen atoms in total. The predicted molar refractivity (Wildman–Crippen MR) is 89.3 cm³/mol. The predicted octanol–water partition coefficient (Wildman–Crippen LogP) is 2.20. The number of aromatic nitrogens is 1. The quantitative estimate of drug-likeness (QED) is 0.830. The molecule has 0 radical (unpaired) electrons. The molecule has 0 saturated heterocycles. The van der Waals surface area contributed by atoms with E-state index in [4.69, 9.17) is 12.2 Å². The monoisotopic (exact) mass is 342 g/mol. The zero-order chi connectivity index (χ0) is 15.5. The Hall–Kier alpha value is -1.71. The summed E-state index contributed by atoms with van der Waals surface area (Å²) in [5.41, 5.74) is 0.724. The molecule has 0 unspecified atom stereocenters. The average molecular weight is 342 g/mol. The van der Waals surface area contributed by atoms with Crippen LogP contribution in [0.25, 0.3) is 0 Å². The van der Waals surface area contributed by atoms with Gasteiger partial charge in [0.15, 0.2) is 10.2 Å². The third-order valence-corrected chi connectivity index (χ3v) is 5.12. The van der Waals surface area contributed by atoms with Crippen molar-refractivity contribution in [1.82, 2.24) is 9.88 Å². The summed E-state index contributed by atoms with van der Waals surface area (Å²) in [6, 6.07) is 6.34. The minimum atomic E-state index is -3.62. The van der Waals surface area contributed by atoms with E-state index in [2.05, 4.69) is 15.0 Å². The largest absolute Gasteiger partial charge is 0.355 e. The summed E-state index contributed by atoms with van der Waals surface area (Å²) < 4.78 is 26.7. The van der Waals surface area contributed by atoms with E-state index in [1.165, 1.54) is 29.7 Å². The summed E-state index contributed by atoms with van der Waals surface area (Å²) in [4.78, 5) is 5.82. The van der Waals surface area contributed by atoms with Crippen LogP contribution in [0.1, 0.15) is 0 Å². The van der Waals surface area contributed by atoms with E-state index in [-0.39, 0.29) is 4.90 Å². The van der Waals surface area contributed by atoms with Gasteiger partial charge in [-0.05, 0) is 36.5 Å². The number of hydrogen-bond acceptors (Lipinski definition) is 5. The van der Waals surface area contributed by atoms with Gasteiger partial charge in [0.1, 0.15) is 0 Å². The molecule has 1 aromatic heterocycles. The van der Waals surface area contributed by atoms with Crippen LogP contribution in [0, 0.1) is 0 Å². The van der Waals surface area contributed by atoms with Gasteiger partial charge in [0.25, 0.3) is 10.0 Å². The van der Waals surface area contributed by atoms with Crippen LogP contribution in [0.5, 0.6) is 0 Å². The van der Waals surface area contributed by atoms with Gasteiger partial charge in [-0.1, -0.05) is 0 Å². The van der Waals surface area contributed by atoms with Gasteiger partial charge in [-0.3, -0.25) is 4.72 Å². The van der Waals surface area contributed by atoms with Crippen LogP contribution in [-0.2, 0) is 10.0 Å². The summed E-state index contributed by atoms with van der Waals surface area (Å²) in [5.74, 6) is 0. The SMILES string of the molecule is CN(C)C(=S)Nc1ccc(S(=O)(=O)Nc2nccs2)cc1. The molecule has 21 heavy (non-hydrogen) atoms. The maximum Gasteiger partial charge on any atom is 0.263 e. The van der Waals surface area contributed by atoms with Crippen molar-refractivity contribution >= 4 is 49.5 Å². The Balaban J connectivity index is 2.13. The zero-order valence-electron chi connectivity index (χ0n) is 11.4. The van der Waals surface area contributed by atoms with Crippen LogP contribution in [0.2, 0.25) is 0 Å². The molecule has 2 N–H and O–H groups in total. The first-order valence-corrected chi connectivity index (χ1v) is 8.66. The van der Waals surface area contributed by atoms with E-state index >= 15 is 0 Å². The highest BCUT2D eigenvalue weighted by Crippen LogP contribution is 2.19. The van der Waals surface area contributed by atoms with Crippen molar-refractivity contribution in [3.8, 4) is 0 Å². The Labute approximate surface area is 132 Å². The molecule has 2 rings (SSSR count). The van der Waals surface area contributed by atoms with Crippen molar-refractivity contribution < 1.29 is 8.42 Å². The molecule has 1 aromatic carbocycles. The number of nitrogens with one attached hydrogen (secondary N) is 2. The number of thiocarbonyl (C=S) groups is 1. The van der Waals surface area contributed by atoms with Crippen molar-refractivity contribution in [3.05, 3.63) is 35.8 Å². The fourth-order valence-electron chi connectivity index (χ4n) is 1.40. The lowest BCUT2D eigenvalue weighted by atomic mass is 10.3. The first-order valence-electron chi connectivity index (χ1n) is 5.89. The smallest absolute Gasteiger partial charge is 0.263 e. The summed E-state index contributed by atoms with van der Waals surface area (Å²) in [5, 5.41) is 5.59. The zero-order valence-corrected chi connectivity index (χ0v) is 13.8. The number of anilines is 2. The van der Waals surface area contributed by atoms with E-state index in [0.717, 1.165) is 5.69 Å². The molecule has 0 amide bonds. The fraction of sp³-hybridized carbons (Fsp3) is 0.167. The van der Waals surface area contributed by atoms with E-state index in [9.17, 15) is 8.42 Å². The van der Waals surface area contributed by atoms with E-state index < -0.39 is 10.0 Å². The van der Waals surface area contributed by atoms with Gasteiger partial charge >= 0.3 is 0 Å². The van der Waals surface area contributed by atoms with Gasteiger partial charge < -0.3 is 10.2 Å². The molecule has 1 heterocycles. The molecule has 2 aromatic rings. The molecule has 0 aliphatic rings. The van der Waals surface area contributed by atoms with Crippen molar-refractivity contribution in [2.75, 3.05) is 24.1 Å². The Morgan fingerprint density at radius 3 is 2.48 bits per heavy atom. The molecule has 9 heteroatoms. The molecule has 0 bridgehead atoms. The Bertz CT molecular complexity index is 709. The molecular formula is C12H14N4O2S3. The van der Waals surface area contributed by atoms with Gasteiger partial charge in [0.2, 0.25) is 0 Å². The minimum Gasteiger partial charge on any atom is -0.355 e. The van der Waals surface area contributed by atoms with Gasteiger partial charge in [0.05, 0.1) is 4.90 Å². The number of benzene rings is 1. The molecule has 0 atom stereocenters. The topological polar surface area (TPSA) is 74.3 Å². The second kappa shape index (κ2) is 6.37. The van der Waals surface area contributed by atoms with Crippen LogP contribution < -0.4 is 10.0 Å². The maximum atomic E-state index is 12.1. The van der Waals surface area contributed by atoms with Crippen molar-refractivity contribution in [3.63, 3.8) is 0 Å². The molecule has 0 aliphatic heterocycles. The Morgan fingerprint density at radius 1 is 1.29 bits per heavy atom. The Kier molecular flexibility index (Phi) is 4.76. The average Bonchev–Trinajstić information content (AvgIpc) is 2.91. The third kappa shape index (κ3) is 4.13. The van der Waals surface area contributed by atoms with Crippen LogP contribution in [0.4, 0.5) is 10.8 Å². The van der Waals surface area contributed by atoms with Crippen LogP contribution >= 0.6 is 23.6 Å². The van der Waals surface area contributed by atoms with Crippen molar-refractivity contribution in [2.24, 2.45) is 0 Å². The van der Waals surface area contributed by atoms with Crippen LogP contribution in [-0.4, -0.2) is 37.5 Å². The van der Waals surface area contributed by atoms with Crippen molar-refractivity contribution in [2.45, 2.75) is 4.90 Å². The summed E-state index contributed by atoms with van der Waals surface area (Å²) in [6.45, 7) is 0. The lowest BCUT2D eigenvalue weighted by Gasteiger charge is -2.15.